The smallest absolute Gasteiger partial charge is 0.0992 e. The number of hydrogen-bond donors (Lipinski definition) is 1. The molecule has 102 valence electrons. The normalized spacial score (nSPS) is 11.9. The quantitative estimate of drug-likeness (QED) is 0.855. The van der Waals surface area contributed by atoms with Gasteiger partial charge in [-0.05, 0) is 29.7 Å². The van der Waals surface area contributed by atoms with Crippen molar-refractivity contribution >= 4 is 17.3 Å². The molecular weight excluding hydrogens is 268 g/mol. The molecule has 1 N–H and O–H groups in total. The summed E-state index contributed by atoms with van der Waals surface area (Å²) in [5, 5.41) is 13.1. The van der Waals surface area contributed by atoms with Crippen molar-refractivity contribution in [2.75, 3.05) is 5.32 Å². The highest BCUT2D eigenvalue weighted by Crippen LogP contribution is 2.30. The predicted octanol–water partition coefficient (Wildman–Crippen LogP) is 5.02. The minimum Gasteiger partial charge on any atom is -0.377 e. The fourth-order valence-electron chi connectivity index (χ4n) is 2.17. The number of nitrogens with zero attached hydrogens (tertiary/aromatic N) is 1. The first kappa shape index (κ1) is 14.4. The van der Waals surface area contributed by atoms with Gasteiger partial charge in [0.2, 0.25) is 0 Å². The fourth-order valence-corrected chi connectivity index (χ4v) is 2.34. The Bertz CT molecular complexity index is 615. The summed E-state index contributed by atoms with van der Waals surface area (Å²) in [4.78, 5) is 0. The van der Waals surface area contributed by atoms with Crippen LogP contribution in [0.4, 0.5) is 5.69 Å². The highest BCUT2D eigenvalue weighted by molar-refractivity contribution is 6.33. The lowest BCUT2D eigenvalue weighted by atomic mass is 9.95. The zero-order chi connectivity index (χ0) is 14.5. The van der Waals surface area contributed by atoms with Gasteiger partial charge in [-0.3, -0.25) is 0 Å². The number of halogens is 1. The van der Waals surface area contributed by atoms with E-state index in [0.717, 1.165) is 5.69 Å². The van der Waals surface area contributed by atoms with Gasteiger partial charge in [0.05, 0.1) is 28.4 Å². The molecule has 1 atom stereocenters. The van der Waals surface area contributed by atoms with Gasteiger partial charge in [-0.1, -0.05) is 55.8 Å². The maximum absolute atomic E-state index is 8.99. The lowest BCUT2D eigenvalue weighted by Gasteiger charge is -2.24. The molecule has 0 aliphatic carbocycles. The van der Waals surface area contributed by atoms with Gasteiger partial charge < -0.3 is 5.32 Å². The molecule has 3 heteroatoms. The van der Waals surface area contributed by atoms with Crippen LogP contribution in [0.1, 0.15) is 31.0 Å². The Morgan fingerprint density at radius 1 is 1.10 bits per heavy atom. The Kier molecular flexibility index (Phi) is 4.65. The lowest BCUT2D eigenvalue weighted by molar-refractivity contribution is 0.546. The summed E-state index contributed by atoms with van der Waals surface area (Å²) < 4.78 is 0. The molecule has 2 aromatic rings. The van der Waals surface area contributed by atoms with E-state index in [4.69, 9.17) is 16.9 Å². The zero-order valence-corrected chi connectivity index (χ0v) is 12.4. The van der Waals surface area contributed by atoms with Gasteiger partial charge in [-0.25, -0.2) is 0 Å². The number of rotatable bonds is 4. The van der Waals surface area contributed by atoms with Crippen molar-refractivity contribution in [3.8, 4) is 6.07 Å². The van der Waals surface area contributed by atoms with Crippen molar-refractivity contribution in [2.45, 2.75) is 19.9 Å². The number of benzene rings is 2. The highest BCUT2D eigenvalue weighted by atomic mass is 35.5. The maximum Gasteiger partial charge on any atom is 0.0992 e. The van der Waals surface area contributed by atoms with Crippen molar-refractivity contribution in [1.82, 2.24) is 0 Å². The minimum absolute atomic E-state index is 0.155. The number of hydrogen-bond acceptors (Lipinski definition) is 2. The molecule has 0 radical (unpaired) electrons. The van der Waals surface area contributed by atoms with Crippen LogP contribution in [0, 0.1) is 17.2 Å². The Morgan fingerprint density at radius 2 is 1.80 bits per heavy atom. The second kappa shape index (κ2) is 6.45. The van der Waals surface area contributed by atoms with E-state index in [9.17, 15) is 0 Å². The number of anilines is 1. The Labute approximate surface area is 125 Å². The zero-order valence-electron chi connectivity index (χ0n) is 11.6. The average Bonchev–Trinajstić information content (AvgIpc) is 2.47. The summed E-state index contributed by atoms with van der Waals surface area (Å²) in [5.41, 5.74) is 2.61. The van der Waals surface area contributed by atoms with Crippen molar-refractivity contribution in [3.05, 3.63) is 64.7 Å². The third-order valence-electron chi connectivity index (χ3n) is 3.23. The van der Waals surface area contributed by atoms with E-state index in [2.05, 4.69) is 37.4 Å². The largest absolute Gasteiger partial charge is 0.377 e. The lowest BCUT2D eigenvalue weighted by Crippen LogP contribution is -2.17. The standard InChI is InChI=1S/C17H17ClN2/c1-12(2)17(14-6-4-3-5-7-14)20-16-10-13(11-19)8-9-15(16)18/h3-10,12,17,20H,1-2H3. The molecule has 0 amide bonds. The minimum atomic E-state index is 0.155. The van der Waals surface area contributed by atoms with Crippen LogP contribution in [0.3, 0.4) is 0 Å². The molecule has 1 unspecified atom stereocenters. The van der Waals surface area contributed by atoms with Crippen LogP contribution < -0.4 is 5.32 Å². The maximum atomic E-state index is 8.99. The molecule has 2 nitrogen and oxygen atoms in total. The molecule has 0 saturated carbocycles. The van der Waals surface area contributed by atoms with Crippen LogP contribution >= 0.6 is 11.6 Å². The van der Waals surface area contributed by atoms with E-state index >= 15 is 0 Å². The first-order valence-electron chi connectivity index (χ1n) is 6.63. The van der Waals surface area contributed by atoms with Crippen molar-refractivity contribution in [1.29, 1.82) is 5.26 Å². The number of nitriles is 1. The molecule has 0 bridgehead atoms. The first-order valence-corrected chi connectivity index (χ1v) is 7.00. The monoisotopic (exact) mass is 284 g/mol. The van der Waals surface area contributed by atoms with E-state index in [1.54, 1.807) is 18.2 Å². The topological polar surface area (TPSA) is 35.8 Å². The molecule has 0 aliphatic rings. The summed E-state index contributed by atoms with van der Waals surface area (Å²) in [6.07, 6.45) is 0. The summed E-state index contributed by atoms with van der Waals surface area (Å²) >= 11 is 6.22. The van der Waals surface area contributed by atoms with Gasteiger partial charge in [0, 0.05) is 0 Å². The number of nitrogens with one attached hydrogen (secondary N) is 1. The predicted molar refractivity (Wildman–Crippen MR) is 83.8 cm³/mol. The molecule has 0 aliphatic heterocycles. The van der Waals surface area contributed by atoms with Crippen LogP contribution in [0.5, 0.6) is 0 Å². The van der Waals surface area contributed by atoms with Crippen LogP contribution in [-0.2, 0) is 0 Å². The molecule has 0 spiro atoms. The first-order chi connectivity index (χ1) is 9.61. The van der Waals surface area contributed by atoms with Crippen LogP contribution in [0.2, 0.25) is 5.02 Å². The van der Waals surface area contributed by atoms with Crippen molar-refractivity contribution < 1.29 is 0 Å². The molecule has 20 heavy (non-hydrogen) atoms. The van der Waals surface area contributed by atoms with Crippen LogP contribution in [0.25, 0.3) is 0 Å². The summed E-state index contributed by atoms with van der Waals surface area (Å²) in [6.45, 7) is 4.32. The second-order valence-electron chi connectivity index (χ2n) is 5.08. The van der Waals surface area contributed by atoms with Gasteiger partial charge in [0.15, 0.2) is 0 Å². The van der Waals surface area contributed by atoms with Gasteiger partial charge in [-0.15, -0.1) is 0 Å². The second-order valence-corrected chi connectivity index (χ2v) is 5.49. The van der Waals surface area contributed by atoms with Crippen molar-refractivity contribution in [3.63, 3.8) is 0 Å². The molecular formula is C17H17ClN2. The third-order valence-corrected chi connectivity index (χ3v) is 3.56. The highest BCUT2D eigenvalue weighted by Gasteiger charge is 2.16. The summed E-state index contributed by atoms with van der Waals surface area (Å²) in [6, 6.07) is 17.8. The Balaban J connectivity index is 2.32. The van der Waals surface area contributed by atoms with E-state index in [1.807, 2.05) is 18.2 Å². The Hall–Kier alpha value is -1.98. The molecule has 0 heterocycles. The average molecular weight is 285 g/mol. The molecule has 0 aromatic heterocycles. The van der Waals surface area contributed by atoms with Crippen LogP contribution in [0.15, 0.2) is 48.5 Å². The van der Waals surface area contributed by atoms with E-state index in [1.165, 1.54) is 5.56 Å². The molecule has 0 fully saturated rings. The Morgan fingerprint density at radius 3 is 2.40 bits per heavy atom. The van der Waals surface area contributed by atoms with Crippen LogP contribution in [-0.4, -0.2) is 0 Å². The van der Waals surface area contributed by atoms with Gasteiger partial charge in [-0.2, -0.15) is 5.26 Å². The van der Waals surface area contributed by atoms with Gasteiger partial charge in [0.1, 0.15) is 0 Å². The van der Waals surface area contributed by atoms with E-state index in [-0.39, 0.29) is 6.04 Å². The van der Waals surface area contributed by atoms with E-state index < -0.39 is 0 Å². The van der Waals surface area contributed by atoms with Gasteiger partial charge >= 0.3 is 0 Å². The molecule has 2 aromatic carbocycles. The molecule has 2 rings (SSSR count). The summed E-state index contributed by atoms with van der Waals surface area (Å²) in [7, 11) is 0. The molecule has 0 saturated heterocycles. The third kappa shape index (κ3) is 3.31. The fraction of sp³-hybridized carbons (Fsp3) is 0.235. The van der Waals surface area contributed by atoms with E-state index in [0.29, 0.717) is 16.5 Å². The summed E-state index contributed by atoms with van der Waals surface area (Å²) in [5.74, 6) is 0.402. The SMILES string of the molecule is CC(C)C(Nc1cc(C#N)ccc1Cl)c1ccccc1. The van der Waals surface area contributed by atoms with Gasteiger partial charge in [0.25, 0.3) is 0 Å². The van der Waals surface area contributed by atoms with Crippen molar-refractivity contribution in [2.24, 2.45) is 5.92 Å².